The lowest BCUT2D eigenvalue weighted by Crippen LogP contribution is -2.21. The second-order valence-electron chi connectivity index (χ2n) is 7.55. The average Bonchev–Trinajstić information content (AvgIpc) is 2.75. The Balaban J connectivity index is 1.67. The Morgan fingerprint density at radius 3 is 2.30 bits per heavy atom. The van der Waals surface area contributed by atoms with Crippen molar-refractivity contribution in [3.8, 4) is 0 Å². The highest BCUT2D eigenvalue weighted by atomic mass is 35.5. The number of hydrogen-bond acceptors (Lipinski definition) is 6. The minimum absolute atomic E-state index is 0.00310. The summed E-state index contributed by atoms with van der Waals surface area (Å²) in [5, 5.41) is 5.85. The zero-order valence-corrected chi connectivity index (χ0v) is 19.5. The highest BCUT2D eigenvalue weighted by molar-refractivity contribution is 6.31. The average molecular weight is 475 g/mol. The summed E-state index contributed by atoms with van der Waals surface area (Å²) in [7, 11) is 0. The molecule has 0 aliphatic rings. The molecule has 2 N–H and O–H groups in total. The number of amides is 2. The van der Waals surface area contributed by atoms with E-state index in [1.54, 1.807) is 63.2 Å². The maximum atomic E-state index is 12.1. The van der Waals surface area contributed by atoms with E-state index in [9.17, 15) is 19.2 Å². The first kappa shape index (κ1) is 25.9. The molecule has 0 bridgehead atoms. The van der Waals surface area contributed by atoms with Crippen molar-refractivity contribution in [1.29, 1.82) is 0 Å². The van der Waals surface area contributed by atoms with E-state index in [-0.39, 0.29) is 31.3 Å². The van der Waals surface area contributed by atoms with Crippen LogP contribution in [-0.2, 0) is 23.9 Å². The first-order valence-corrected chi connectivity index (χ1v) is 10.8. The van der Waals surface area contributed by atoms with Crippen molar-refractivity contribution in [3.63, 3.8) is 0 Å². The number of nitrogens with one attached hydrogen (secondary N) is 2. The predicted octanol–water partition coefficient (Wildman–Crippen LogP) is 4.50. The molecule has 0 saturated heterocycles. The first-order valence-electron chi connectivity index (χ1n) is 10.5. The van der Waals surface area contributed by atoms with E-state index in [0.717, 1.165) is 5.56 Å². The summed E-state index contributed by atoms with van der Waals surface area (Å²) in [6.07, 6.45) is 0.139. The minimum atomic E-state index is -0.575. The minimum Gasteiger partial charge on any atom is -0.459 e. The summed E-state index contributed by atoms with van der Waals surface area (Å²) >= 11 is 6.01. The molecule has 0 aromatic heterocycles. The van der Waals surface area contributed by atoms with Gasteiger partial charge in [0.05, 0.1) is 11.7 Å². The number of rotatable bonds is 10. The fraction of sp³-hybridized carbons (Fsp3) is 0.333. The van der Waals surface area contributed by atoms with Crippen molar-refractivity contribution in [2.75, 3.05) is 17.2 Å². The van der Waals surface area contributed by atoms with Gasteiger partial charge in [-0.1, -0.05) is 17.7 Å². The molecule has 0 saturated carbocycles. The Hall–Kier alpha value is -3.39. The van der Waals surface area contributed by atoms with Gasteiger partial charge in [-0.3, -0.25) is 14.4 Å². The number of halogens is 1. The van der Waals surface area contributed by atoms with Crippen molar-refractivity contribution < 1.29 is 28.7 Å². The van der Waals surface area contributed by atoms with Crippen LogP contribution in [-0.4, -0.2) is 36.5 Å². The van der Waals surface area contributed by atoms with Gasteiger partial charge in [0.2, 0.25) is 5.91 Å². The van der Waals surface area contributed by atoms with Crippen LogP contribution < -0.4 is 10.6 Å². The van der Waals surface area contributed by atoms with Gasteiger partial charge in [-0.15, -0.1) is 0 Å². The Kier molecular flexibility index (Phi) is 9.87. The van der Waals surface area contributed by atoms with Gasteiger partial charge in [0.15, 0.2) is 6.61 Å². The number of anilines is 2. The topological polar surface area (TPSA) is 111 Å². The van der Waals surface area contributed by atoms with Gasteiger partial charge in [0.25, 0.3) is 5.91 Å². The predicted molar refractivity (Wildman–Crippen MR) is 125 cm³/mol. The Morgan fingerprint density at radius 2 is 1.64 bits per heavy atom. The molecule has 176 valence electrons. The van der Waals surface area contributed by atoms with Gasteiger partial charge in [0, 0.05) is 29.2 Å². The Morgan fingerprint density at radius 1 is 0.939 bits per heavy atom. The highest BCUT2D eigenvalue weighted by Gasteiger charge is 2.12. The molecule has 0 aliphatic carbocycles. The molecule has 0 aliphatic heterocycles. The van der Waals surface area contributed by atoms with Crippen molar-refractivity contribution >= 4 is 46.7 Å². The summed E-state index contributed by atoms with van der Waals surface area (Å²) < 4.78 is 10.1. The van der Waals surface area contributed by atoms with Crippen LogP contribution in [0.1, 0.15) is 49.0 Å². The molecule has 0 spiro atoms. The van der Waals surface area contributed by atoms with Crippen molar-refractivity contribution in [2.24, 2.45) is 0 Å². The number of ether oxygens (including phenoxy) is 2. The van der Waals surface area contributed by atoms with E-state index in [1.165, 1.54) is 0 Å². The fourth-order valence-electron chi connectivity index (χ4n) is 2.74. The molecule has 2 rings (SSSR count). The SMILES string of the molecule is Cc1c(Cl)cccc1NC(=O)COC(=O)CCCC(=O)Nc1ccc(C(=O)OC(C)C)cc1. The van der Waals surface area contributed by atoms with Crippen LogP contribution in [0.2, 0.25) is 5.02 Å². The fourth-order valence-corrected chi connectivity index (χ4v) is 2.91. The zero-order chi connectivity index (χ0) is 24.4. The van der Waals surface area contributed by atoms with Gasteiger partial charge >= 0.3 is 11.9 Å². The quantitative estimate of drug-likeness (QED) is 0.490. The number of benzene rings is 2. The van der Waals surface area contributed by atoms with Crippen LogP contribution in [0.15, 0.2) is 42.5 Å². The molecule has 9 heteroatoms. The second kappa shape index (κ2) is 12.6. The van der Waals surface area contributed by atoms with Crippen molar-refractivity contribution in [1.82, 2.24) is 0 Å². The molecule has 2 aromatic rings. The Bertz CT molecular complexity index is 1000. The van der Waals surface area contributed by atoms with E-state index in [0.29, 0.717) is 22.0 Å². The van der Waals surface area contributed by atoms with Gasteiger partial charge < -0.3 is 20.1 Å². The molecule has 0 radical (unpaired) electrons. The molecule has 2 amide bonds. The van der Waals surface area contributed by atoms with Crippen LogP contribution in [0.4, 0.5) is 11.4 Å². The van der Waals surface area contributed by atoms with Crippen LogP contribution in [0.5, 0.6) is 0 Å². The summed E-state index contributed by atoms with van der Waals surface area (Å²) in [6, 6.07) is 11.4. The van der Waals surface area contributed by atoms with Gasteiger partial charge in [-0.2, -0.15) is 0 Å². The molecule has 33 heavy (non-hydrogen) atoms. The maximum Gasteiger partial charge on any atom is 0.338 e. The highest BCUT2D eigenvalue weighted by Crippen LogP contribution is 2.22. The normalized spacial score (nSPS) is 10.5. The first-order chi connectivity index (χ1) is 15.7. The monoisotopic (exact) mass is 474 g/mol. The smallest absolute Gasteiger partial charge is 0.338 e. The molecule has 0 atom stereocenters. The third kappa shape index (κ3) is 8.94. The molecule has 2 aromatic carbocycles. The summed E-state index contributed by atoms with van der Waals surface area (Å²) in [4.78, 5) is 47.7. The zero-order valence-electron chi connectivity index (χ0n) is 18.8. The van der Waals surface area contributed by atoms with E-state index < -0.39 is 24.5 Å². The maximum absolute atomic E-state index is 12.1. The molecule has 0 fully saturated rings. The van der Waals surface area contributed by atoms with Gasteiger partial charge in [0.1, 0.15) is 0 Å². The van der Waals surface area contributed by atoms with E-state index >= 15 is 0 Å². The standard InChI is InChI=1S/C24H27ClN2O6/c1-15(2)33-24(31)17-10-12-18(13-11-17)26-21(28)8-5-9-23(30)32-14-22(29)27-20-7-4-6-19(25)16(20)3/h4,6-7,10-13,15H,5,8-9,14H2,1-3H3,(H,26,28)(H,27,29). The second-order valence-corrected chi connectivity index (χ2v) is 7.96. The van der Waals surface area contributed by atoms with E-state index in [1.807, 2.05) is 0 Å². The summed E-state index contributed by atoms with van der Waals surface area (Å²) in [5.74, 6) is -1.77. The molecule has 0 heterocycles. The third-order valence-electron chi connectivity index (χ3n) is 4.44. The lowest BCUT2D eigenvalue weighted by Gasteiger charge is -2.10. The summed E-state index contributed by atoms with van der Waals surface area (Å²) in [5.41, 5.74) is 2.18. The van der Waals surface area contributed by atoms with Crippen LogP contribution in [0, 0.1) is 6.92 Å². The van der Waals surface area contributed by atoms with Crippen LogP contribution in [0.3, 0.4) is 0 Å². The lowest BCUT2D eigenvalue weighted by molar-refractivity contribution is -0.147. The number of carbonyl (C=O) groups is 4. The number of carbonyl (C=O) groups excluding carboxylic acids is 4. The molecular weight excluding hydrogens is 448 g/mol. The lowest BCUT2D eigenvalue weighted by atomic mass is 10.2. The molecular formula is C24H27ClN2O6. The van der Waals surface area contributed by atoms with Crippen LogP contribution in [0.25, 0.3) is 0 Å². The van der Waals surface area contributed by atoms with Gasteiger partial charge in [-0.05, 0) is 69.2 Å². The number of hydrogen-bond donors (Lipinski definition) is 2. The van der Waals surface area contributed by atoms with Crippen LogP contribution >= 0.6 is 11.6 Å². The molecule has 8 nitrogen and oxygen atoms in total. The third-order valence-corrected chi connectivity index (χ3v) is 4.85. The van der Waals surface area contributed by atoms with Crippen molar-refractivity contribution in [2.45, 2.75) is 46.1 Å². The summed E-state index contributed by atoms with van der Waals surface area (Å²) in [6.45, 7) is 4.87. The number of esters is 2. The van der Waals surface area contributed by atoms with E-state index in [4.69, 9.17) is 21.1 Å². The largest absolute Gasteiger partial charge is 0.459 e. The molecule has 0 unspecified atom stereocenters. The Labute approximate surface area is 197 Å². The van der Waals surface area contributed by atoms with Crippen molar-refractivity contribution in [3.05, 3.63) is 58.6 Å². The van der Waals surface area contributed by atoms with E-state index in [2.05, 4.69) is 10.6 Å². The van der Waals surface area contributed by atoms with Gasteiger partial charge in [-0.25, -0.2) is 4.79 Å².